The Bertz CT molecular complexity index is 550. The third-order valence-corrected chi connectivity index (χ3v) is 4.01. The summed E-state index contributed by atoms with van der Waals surface area (Å²) in [6.07, 6.45) is 2.01. The smallest absolute Gasteiger partial charge is 0.184 e. The molecule has 0 bridgehead atoms. The minimum absolute atomic E-state index is 0.244. The summed E-state index contributed by atoms with van der Waals surface area (Å²) in [5, 5.41) is 4.31. The van der Waals surface area contributed by atoms with E-state index in [1.54, 1.807) is 18.4 Å². The fourth-order valence-electron chi connectivity index (χ4n) is 2.10. The molecular formula is C13H16N2O3S. The summed E-state index contributed by atoms with van der Waals surface area (Å²) in [5.41, 5.74) is 0.906. The van der Waals surface area contributed by atoms with Crippen LogP contribution in [-0.4, -0.2) is 31.3 Å². The number of rotatable bonds is 3. The van der Waals surface area contributed by atoms with Gasteiger partial charge in [-0.05, 0) is 25.0 Å². The Morgan fingerprint density at radius 3 is 3.26 bits per heavy atom. The number of aromatic nitrogens is 1. The molecule has 0 saturated carbocycles. The molecule has 0 aliphatic carbocycles. The van der Waals surface area contributed by atoms with Crippen LogP contribution in [0.25, 0.3) is 10.2 Å². The number of para-hydroxylation sites is 1. The van der Waals surface area contributed by atoms with E-state index in [-0.39, 0.29) is 6.04 Å². The third kappa shape index (κ3) is 2.80. The van der Waals surface area contributed by atoms with Crippen molar-refractivity contribution in [2.75, 3.05) is 25.6 Å². The van der Waals surface area contributed by atoms with Gasteiger partial charge in [-0.3, -0.25) is 0 Å². The minimum Gasteiger partial charge on any atom is -0.494 e. The second-order valence-electron chi connectivity index (χ2n) is 4.42. The number of hydrogen-bond acceptors (Lipinski definition) is 6. The first-order valence-corrected chi connectivity index (χ1v) is 7.13. The molecule has 2 heterocycles. The normalized spacial score (nSPS) is 20.2. The maximum absolute atomic E-state index is 5.32. The van der Waals surface area contributed by atoms with Crippen molar-refractivity contribution in [2.24, 2.45) is 0 Å². The van der Waals surface area contributed by atoms with Crippen LogP contribution in [0.3, 0.4) is 0 Å². The molecular weight excluding hydrogens is 264 g/mol. The van der Waals surface area contributed by atoms with E-state index in [4.69, 9.17) is 14.5 Å². The van der Waals surface area contributed by atoms with Gasteiger partial charge in [0.15, 0.2) is 5.13 Å². The second kappa shape index (κ2) is 5.73. The lowest BCUT2D eigenvalue weighted by Crippen LogP contribution is -2.23. The number of anilines is 1. The van der Waals surface area contributed by atoms with Gasteiger partial charge in [-0.25, -0.2) is 14.8 Å². The average Bonchev–Trinajstić information content (AvgIpc) is 2.66. The minimum atomic E-state index is 0.244. The Morgan fingerprint density at radius 1 is 1.42 bits per heavy atom. The molecule has 1 unspecified atom stereocenters. The van der Waals surface area contributed by atoms with Crippen LogP contribution in [0, 0.1) is 0 Å². The summed E-state index contributed by atoms with van der Waals surface area (Å²) in [6.45, 7) is 1.21. The first-order valence-electron chi connectivity index (χ1n) is 6.31. The van der Waals surface area contributed by atoms with E-state index < -0.39 is 0 Å². The fourth-order valence-corrected chi connectivity index (χ4v) is 3.06. The van der Waals surface area contributed by atoms with Crippen LogP contribution in [-0.2, 0) is 9.78 Å². The van der Waals surface area contributed by atoms with Crippen molar-refractivity contribution in [2.45, 2.75) is 18.9 Å². The summed E-state index contributed by atoms with van der Waals surface area (Å²) in [7, 11) is 1.66. The summed E-state index contributed by atoms with van der Waals surface area (Å²) in [5.74, 6) is 0.808. The van der Waals surface area contributed by atoms with Crippen LogP contribution in [0.15, 0.2) is 18.2 Å². The summed E-state index contributed by atoms with van der Waals surface area (Å²) >= 11 is 1.63. The van der Waals surface area contributed by atoms with Crippen molar-refractivity contribution in [3.05, 3.63) is 18.2 Å². The van der Waals surface area contributed by atoms with E-state index in [2.05, 4.69) is 10.3 Å². The Labute approximate surface area is 115 Å². The lowest BCUT2D eigenvalue weighted by Gasteiger charge is -2.13. The van der Waals surface area contributed by atoms with Gasteiger partial charge in [0, 0.05) is 0 Å². The maximum Gasteiger partial charge on any atom is 0.184 e. The number of nitrogens with one attached hydrogen (secondary N) is 1. The molecule has 0 amide bonds. The Kier molecular flexibility index (Phi) is 3.82. The number of nitrogens with zero attached hydrogens (tertiary/aromatic N) is 1. The maximum atomic E-state index is 5.32. The summed E-state index contributed by atoms with van der Waals surface area (Å²) < 4.78 is 6.44. The number of hydrogen-bond donors (Lipinski definition) is 1. The van der Waals surface area contributed by atoms with Gasteiger partial charge in [0.2, 0.25) is 0 Å². The highest BCUT2D eigenvalue weighted by Gasteiger charge is 2.16. The molecule has 3 rings (SSSR count). The van der Waals surface area contributed by atoms with E-state index in [1.807, 2.05) is 18.2 Å². The van der Waals surface area contributed by atoms with Gasteiger partial charge in [-0.2, -0.15) is 0 Å². The topological polar surface area (TPSA) is 52.6 Å². The predicted molar refractivity (Wildman–Crippen MR) is 74.7 cm³/mol. The van der Waals surface area contributed by atoms with Crippen molar-refractivity contribution >= 4 is 26.7 Å². The molecule has 1 N–H and O–H groups in total. The van der Waals surface area contributed by atoms with Gasteiger partial charge in [0.1, 0.15) is 17.9 Å². The lowest BCUT2D eigenvalue weighted by atomic mass is 10.2. The molecule has 5 nitrogen and oxygen atoms in total. The number of thiazole rings is 1. The first-order chi connectivity index (χ1) is 9.36. The van der Waals surface area contributed by atoms with Gasteiger partial charge in [-0.15, -0.1) is 0 Å². The molecule has 19 heavy (non-hydrogen) atoms. The summed E-state index contributed by atoms with van der Waals surface area (Å²) in [6, 6.07) is 6.20. The monoisotopic (exact) mass is 280 g/mol. The SMILES string of the molecule is COc1cccc2sc(NC3CCCOOC3)nc12. The summed E-state index contributed by atoms with van der Waals surface area (Å²) in [4.78, 5) is 14.7. The Hall–Kier alpha value is -1.37. The zero-order chi connectivity index (χ0) is 13.1. The molecule has 1 atom stereocenters. The quantitative estimate of drug-likeness (QED) is 0.876. The van der Waals surface area contributed by atoms with Gasteiger partial charge in [0.05, 0.1) is 24.5 Å². The molecule has 2 aromatic rings. The van der Waals surface area contributed by atoms with Gasteiger partial charge >= 0.3 is 0 Å². The van der Waals surface area contributed by atoms with Crippen LogP contribution in [0.2, 0.25) is 0 Å². The molecule has 1 fully saturated rings. The number of ether oxygens (including phenoxy) is 1. The van der Waals surface area contributed by atoms with Gasteiger partial charge in [-0.1, -0.05) is 17.4 Å². The van der Waals surface area contributed by atoms with Gasteiger partial charge in [0.25, 0.3) is 0 Å². The fraction of sp³-hybridized carbons (Fsp3) is 0.462. The van der Waals surface area contributed by atoms with Crippen LogP contribution in [0.1, 0.15) is 12.8 Å². The van der Waals surface area contributed by atoms with Crippen molar-refractivity contribution in [3.63, 3.8) is 0 Å². The molecule has 6 heteroatoms. The van der Waals surface area contributed by atoms with Crippen molar-refractivity contribution in [1.82, 2.24) is 4.98 Å². The molecule has 1 aromatic carbocycles. The van der Waals surface area contributed by atoms with Crippen LogP contribution in [0.5, 0.6) is 5.75 Å². The molecule has 1 saturated heterocycles. The van der Waals surface area contributed by atoms with Crippen LogP contribution in [0.4, 0.5) is 5.13 Å². The van der Waals surface area contributed by atoms with E-state index in [0.29, 0.717) is 13.2 Å². The van der Waals surface area contributed by atoms with E-state index in [0.717, 1.165) is 33.9 Å². The molecule has 102 valence electrons. The van der Waals surface area contributed by atoms with E-state index >= 15 is 0 Å². The standard InChI is InChI=1S/C13H16N2O3S/c1-16-10-5-2-6-11-12(10)15-13(19-11)14-9-4-3-7-17-18-8-9/h2,5-6,9H,3-4,7-8H2,1H3,(H,14,15). The molecule has 0 radical (unpaired) electrons. The highest BCUT2D eigenvalue weighted by molar-refractivity contribution is 7.22. The first kappa shape index (κ1) is 12.7. The highest BCUT2D eigenvalue weighted by atomic mass is 32.1. The largest absolute Gasteiger partial charge is 0.494 e. The Balaban J connectivity index is 1.81. The lowest BCUT2D eigenvalue weighted by molar-refractivity contribution is -0.288. The molecule has 0 spiro atoms. The van der Waals surface area contributed by atoms with Crippen molar-refractivity contribution in [1.29, 1.82) is 0 Å². The number of methoxy groups -OCH3 is 1. The van der Waals surface area contributed by atoms with E-state index in [9.17, 15) is 0 Å². The zero-order valence-electron chi connectivity index (χ0n) is 10.7. The van der Waals surface area contributed by atoms with Crippen molar-refractivity contribution in [3.8, 4) is 5.75 Å². The number of benzene rings is 1. The second-order valence-corrected chi connectivity index (χ2v) is 5.45. The average molecular weight is 280 g/mol. The molecule has 1 aliphatic heterocycles. The van der Waals surface area contributed by atoms with E-state index in [1.165, 1.54) is 0 Å². The predicted octanol–water partition coefficient (Wildman–Crippen LogP) is 2.83. The van der Waals surface area contributed by atoms with Crippen molar-refractivity contribution < 1.29 is 14.5 Å². The molecule has 1 aromatic heterocycles. The molecule has 1 aliphatic rings. The Morgan fingerprint density at radius 2 is 2.37 bits per heavy atom. The van der Waals surface area contributed by atoms with Crippen LogP contribution >= 0.6 is 11.3 Å². The highest BCUT2D eigenvalue weighted by Crippen LogP contribution is 2.32. The van der Waals surface area contributed by atoms with Crippen LogP contribution < -0.4 is 10.1 Å². The zero-order valence-corrected chi connectivity index (χ0v) is 11.5. The third-order valence-electron chi connectivity index (χ3n) is 3.06. The van der Waals surface area contributed by atoms with Gasteiger partial charge < -0.3 is 10.1 Å². The number of fused-ring (bicyclic) bond motifs is 1.